The lowest BCUT2D eigenvalue weighted by atomic mass is 10.3. The summed E-state index contributed by atoms with van der Waals surface area (Å²) in [5.41, 5.74) is 0.920. The molecule has 2 heteroatoms. The zero-order valence-corrected chi connectivity index (χ0v) is 11.9. The van der Waals surface area contributed by atoms with Crippen LogP contribution in [-0.2, 0) is 0 Å². The summed E-state index contributed by atoms with van der Waals surface area (Å²) < 4.78 is 0. The molecule has 88 valence electrons. The molecule has 0 aromatic carbocycles. The van der Waals surface area contributed by atoms with Crippen molar-refractivity contribution in [3.63, 3.8) is 0 Å². The number of hydrogen-bond acceptors (Lipinski definition) is 1. The quantitative estimate of drug-likeness (QED) is 0.495. The van der Waals surface area contributed by atoms with Crippen molar-refractivity contribution < 1.29 is 0 Å². The Labute approximate surface area is 97.2 Å². The Bertz CT molecular complexity index is 181. The minimum atomic E-state index is -0.509. The summed E-state index contributed by atoms with van der Waals surface area (Å²) in [7, 11) is -0.509. The van der Waals surface area contributed by atoms with Gasteiger partial charge in [-0.3, -0.25) is 0 Å². The Morgan fingerprint density at radius 1 is 1.20 bits per heavy atom. The Balaban J connectivity index is 2.47. The standard InChI is InChI=1S/C13H27NSi/c1-4-9-13(15(5-2)6-3)12-14-10-7-8-11-14/h4,9,13,15H,5-8,10-12H2,1-3H3. The van der Waals surface area contributed by atoms with Gasteiger partial charge in [0.2, 0.25) is 0 Å². The van der Waals surface area contributed by atoms with Crippen LogP contribution in [0.3, 0.4) is 0 Å². The van der Waals surface area contributed by atoms with Crippen molar-refractivity contribution in [3.8, 4) is 0 Å². The number of rotatable bonds is 6. The SMILES string of the molecule is CC=CC(CN1CCCC1)[SiH](CC)CC. The van der Waals surface area contributed by atoms with Gasteiger partial charge in [-0.15, -0.1) is 0 Å². The molecule has 1 aliphatic heterocycles. The fraction of sp³-hybridized carbons (Fsp3) is 0.846. The maximum atomic E-state index is 2.68. The maximum Gasteiger partial charge on any atom is 0.0452 e. The molecule has 0 aromatic heterocycles. The van der Waals surface area contributed by atoms with Gasteiger partial charge in [-0.05, 0) is 38.4 Å². The predicted molar refractivity (Wildman–Crippen MR) is 72.3 cm³/mol. The van der Waals surface area contributed by atoms with E-state index in [0.29, 0.717) is 0 Å². The molecule has 0 amide bonds. The van der Waals surface area contributed by atoms with E-state index in [4.69, 9.17) is 0 Å². The Hall–Kier alpha value is -0.0831. The fourth-order valence-electron chi connectivity index (χ4n) is 2.77. The third-order valence-electron chi connectivity index (χ3n) is 3.76. The minimum absolute atomic E-state index is 0.509. The minimum Gasteiger partial charge on any atom is -0.303 e. The molecule has 0 N–H and O–H groups in total. The summed E-state index contributed by atoms with van der Waals surface area (Å²) in [5, 5.41) is 0. The highest BCUT2D eigenvalue weighted by atomic mass is 28.3. The van der Waals surface area contributed by atoms with Crippen LogP contribution in [0.5, 0.6) is 0 Å². The zero-order valence-electron chi connectivity index (χ0n) is 10.7. The molecule has 0 spiro atoms. The highest BCUT2D eigenvalue weighted by Gasteiger charge is 2.21. The van der Waals surface area contributed by atoms with Gasteiger partial charge in [-0.25, -0.2) is 0 Å². The number of hydrogen-bond donors (Lipinski definition) is 0. The van der Waals surface area contributed by atoms with Crippen molar-refractivity contribution in [2.75, 3.05) is 19.6 Å². The van der Waals surface area contributed by atoms with Gasteiger partial charge in [0.15, 0.2) is 0 Å². The first kappa shape index (κ1) is 13.0. The van der Waals surface area contributed by atoms with Crippen LogP contribution in [0.15, 0.2) is 12.2 Å². The summed E-state index contributed by atoms with van der Waals surface area (Å²) in [4.78, 5) is 2.68. The molecule has 0 bridgehead atoms. The van der Waals surface area contributed by atoms with Gasteiger partial charge in [0.25, 0.3) is 0 Å². The lowest BCUT2D eigenvalue weighted by Gasteiger charge is -2.26. The van der Waals surface area contributed by atoms with Crippen LogP contribution in [0, 0.1) is 0 Å². The van der Waals surface area contributed by atoms with Crippen molar-refractivity contribution in [3.05, 3.63) is 12.2 Å². The van der Waals surface area contributed by atoms with Crippen LogP contribution in [0.25, 0.3) is 0 Å². The molecular formula is C13H27NSi. The molecular weight excluding hydrogens is 198 g/mol. The second-order valence-corrected chi connectivity index (χ2v) is 8.78. The second-order valence-electron chi connectivity index (χ2n) is 4.77. The van der Waals surface area contributed by atoms with E-state index in [-0.39, 0.29) is 0 Å². The smallest absolute Gasteiger partial charge is 0.0452 e. The molecule has 1 unspecified atom stereocenters. The molecule has 0 radical (unpaired) electrons. The van der Waals surface area contributed by atoms with Crippen molar-refractivity contribution in [1.29, 1.82) is 0 Å². The van der Waals surface area contributed by atoms with Gasteiger partial charge in [-0.2, -0.15) is 0 Å². The molecule has 0 saturated carbocycles. The summed E-state index contributed by atoms with van der Waals surface area (Å²) in [6.45, 7) is 11.0. The topological polar surface area (TPSA) is 3.24 Å². The van der Waals surface area contributed by atoms with Crippen LogP contribution in [0.4, 0.5) is 0 Å². The van der Waals surface area contributed by atoms with E-state index in [2.05, 4.69) is 37.8 Å². The van der Waals surface area contributed by atoms with Crippen LogP contribution in [-0.4, -0.2) is 33.3 Å². The first-order chi connectivity index (χ1) is 7.31. The molecule has 1 rings (SSSR count). The normalized spacial score (nSPS) is 20.5. The summed E-state index contributed by atoms with van der Waals surface area (Å²) in [6.07, 6.45) is 7.61. The van der Waals surface area contributed by atoms with Gasteiger partial charge in [0.1, 0.15) is 0 Å². The lowest BCUT2D eigenvalue weighted by molar-refractivity contribution is 0.344. The molecule has 1 heterocycles. The Morgan fingerprint density at radius 2 is 1.80 bits per heavy atom. The van der Waals surface area contributed by atoms with Gasteiger partial charge >= 0.3 is 0 Å². The van der Waals surface area contributed by atoms with Crippen molar-refractivity contribution in [2.24, 2.45) is 0 Å². The second kappa shape index (κ2) is 7.23. The van der Waals surface area contributed by atoms with Gasteiger partial charge in [0.05, 0.1) is 0 Å². The third kappa shape index (κ3) is 4.11. The maximum absolute atomic E-state index is 2.68. The van der Waals surface area contributed by atoms with Gasteiger partial charge in [0, 0.05) is 15.3 Å². The van der Waals surface area contributed by atoms with Crippen LogP contribution in [0.2, 0.25) is 17.6 Å². The molecule has 1 saturated heterocycles. The largest absolute Gasteiger partial charge is 0.303 e. The first-order valence-corrected chi connectivity index (χ1v) is 8.96. The van der Waals surface area contributed by atoms with Crippen molar-refractivity contribution in [2.45, 2.75) is 51.2 Å². The average Bonchev–Trinajstić information content (AvgIpc) is 2.72. The Morgan fingerprint density at radius 3 is 2.27 bits per heavy atom. The number of likely N-dealkylation sites (tertiary alicyclic amines) is 1. The van der Waals surface area contributed by atoms with E-state index in [1.54, 1.807) is 0 Å². The summed E-state index contributed by atoms with van der Waals surface area (Å²) in [5.74, 6) is 0. The van der Waals surface area contributed by atoms with E-state index in [0.717, 1.165) is 5.54 Å². The van der Waals surface area contributed by atoms with Crippen LogP contribution in [0.1, 0.15) is 33.6 Å². The van der Waals surface area contributed by atoms with Crippen LogP contribution >= 0.6 is 0 Å². The highest BCUT2D eigenvalue weighted by molar-refractivity contribution is 6.60. The van der Waals surface area contributed by atoms with Crippen LogP contribution < -0.4 is 0 Å². The molecule has 0 aromatic rings. The highest BCUT2D eigenvalue weighted by Crippen LogP contribution is 2.22. The summed E-state index contributed by atoms with van der Waals surface area (Å²) in [6, 6.07) is 2.92. The Kier molecular flexibility index (Phi) is 6.26. The molecule has 0 aliphatic carbocycles. The fourth-order valence-corrected chi connectivity index (χ4v) is 5.69. The predicted octanol–water partition coefficient (Wildman–Crippen LogP) is 3.30. The first-order valence-electron chi connectivity index (χ1n) is 6.66. The number of allylic oxidation sites excluding steroid dienone is 1. The zero-order chi connectivity index (χ0) is 11.1. The monoisotopic (exact) mass is 225 g/mol. The number of nitrogens with zero attached hydrogens (tertiary/aromatic N) is 1. The van der Waals surface area contributed by atoms with E-state index in [1.807, 2.05) is 0 Å². The van der Waals surface area contributed by atoms with E-state index in [9.17, 15) is 0 Å². The van der Waals surface area contributed by atoms with Crippen molar-refractivity contribution >= 4 is 8.80 Å². The third-order valence-corrected chi connectivity index (χ3v) is 7.50. The molecule has 1 fully saturated rings. The van der Waals surface area contributed by atoms with Gasteiger partial charge < -0.3 is 4.90 Å². The molecule has 1 aliphatic rings. The lowest BCUT2D eigenvalue weighted by Crippen LogP contribution is -2.30. The summed E-state index contributed by atoms with van der Waals surface area (Å²) >= 11 is 0. The van der Waals surface area contributed by atoms with E-state index < -0.39 is 8.80 Å². The van der Waals surface area contributed by atoms with Crippen molar-refractivity contribution in [1.82, 2.24) is 4.90 Å². The molecule has 1 atom stereocenters. The van der Waals surface area contributed by atoms with E-state index >= 15 is 0 Å². The molecule has 15 heavy (non-hydrogen) atoms. The average molecular weight is 225 g/mol. The molecule has 1 nitrogen and oxygen atoms in total. The van der Waals surface area contributed by atoms with E-state index in [1.165, 1.54) is 44.6 Å². The van der Waals surface area contributed by atoms with Gasteiger partial charge in [-0.1, -0.05) is 38.1 Å².